The normalized spacial score (nSPS) is 10.9. The van der Waals surface area contributed by atoms with E-state index in [1.165, 1.54) is 11.1 Å². The molecule has 2 N–H and O–H groups in total. The Morgan fingerprint density at radius 1 is 1.22 bits per heavy atom. The van der Waals surface area contributed by atoms with E-state index in [-0.39, 0.29) is 0 Å². The predicted molar refractivity (Wildman–Crippen MR) is 71.4 cm³/mol. The second-order valence-corrected chi connectivity index (χ2v) is 4.45. The number of anilines is 1. The maximum absolute atomic E-state index is 5.96. The van der Waals surface area contributed by atoms with Crippen LogP contribution in [-0.4, -0.2) is 14.4 Å². The fourth-order valence-electron chi connectivity index (χ4n) is 1.97. The van der Waals surface area contributed by atoms with Gasteiger partial charge in [0.15, 0.2) is 0 Å². The summed E-state index contributed by atoms with van der Waals surface area (Å²) in [4.78, 5) is 8.39. The van der Waals surface area contributed by atoms with Crippen LogP contribution >= 0.6 is 0 Å². The molecule has 90 valence electrons. The minimum atomic E-state index is 0.550. The van der Waals surface area contributed by atoms with Gasteiger partial charge in [-0.05, 0) is 12.5 Å². The van der Waals surface area contributed by atoms with E-state index in [2.05, 4.69) is 41.2 Å². The molecule has 4 nitrogen and oxygen atoms in total. The number of benzene rings is 1. The summed E-state index contributed by atoms with van der Waals surface area (Å²) >= 11 is 0. The third-order valence-corrected chi connectivity index (χ3v) is 3.01. The molecule has 0 radical (unpaired) electrons. The quantitative estimate of drug-likeness (QED) is 0.744. The molecule has 0 aliphatic rings. The van der Waals surface area contributed by atoms with Crippen molar-refractivity contribution in [2.75, 3.05) is 5.73 Å². The summed E-state index contributed by atoms with van der Waals surface area (Å²) in [6.45, 7) is 2.08. The molecular formula is C14H14N4. The van der Waals surface area contributed by atoms with Crippen LogP contribution < -0.4 is 5.73 Å². The first kappa shape index (κ1) is 10.8. The highest BCUT2D eigenvalue weighted by Crippen LogP contribution is 2.15. The number of nitrogens with zero attached hydrogens (tertiary/aromatic N) is 3. The smallest absolute Gasteiger partial charge is 0.235 e. The minimum absolute atomic E-state index is 0.550. The highest BCUT2D eigenvalue weighted by atomic mass is 15.1. The Balaban J connectivity index is 1.98. The van der Waals surface area contributed by atoms with Gasteiger partial charge in [-0.15, -0.1) is 0 Å². The van der Waals surface area contributed by atoms with Gasteiger partial charge in [-0.25, -0.2) is 4.98 Å². The average molecular weight is 238 g/mol. The first-order valence-corrected chi connectivity index (χ1v) is 5.86. The van der Waals surface area contributed by atoms with Crippen LogP contribution in [0, 0.1) is 6.92 Å². The third-order valence-electron chi connectivity index (χ3n) is 3.01. The maximum Gasteiger partial charge on any atom is 0.235 e. The number of aryl methyl sites for hydroxylation is 1. The van der Waals surface area contributed by atoms with Crippen molar-refractivity contribution in [1.29, 1.82) is 0 Å². The first-order valence-electron chi connectivity index (χ1n) is 5.86. The molecule has 18 heavy (non-hydrogen) atoms. The molecule has 2 heterocycles. The van der Waals surface area contributed by atoms with E-state index in [0.29, 0.717) is 11.6 Å². The number of hydrogen-bond donors (Lipinski definition) is 1. The summed E-state index contributed by atoms with van der Waals surface area (Å²) < 4.78 is 1.89. The van der Waals surface area contributed by atoms with Crippen LogP contribution in [0.25, 0.3) is 5.78 Å². The topological polar surface area (TPSA) is 56.2 Å². The lowest BCUT2D eigenvalue weighted by Gasteiger charge is -2.06. The highest BCUT2D eigenvalue weighted by Gasteiger charge is 2.05. The SMILES string of the molecule is Cc1ccc(Cc2cn3ccnc3nc2N)cc1. The van der Waals surface area contributed by atoms with Gasteiger partial charge in [0.2, 0.25) is 5.78 Å². The van der Waals surface area contributed by atoms with Crippen molar-refractivity contribution in [2.24, 2.45) is 0 Å². The Labute approximate surface area is 105 Å². The number of aromatic nitrogens is 3. The van der Waals surface area contributed by atoms with E-state index in [1.807, 2.05) is 16.8 Å². The summed E-state index contributed by atoms with van der Waals surface area (Å²) in [5, 5.41) is 0. The van der Waals surface area contributed by atoms with Gasteiger partial charge in [0.1, 0.15) is 5.82 Å². The Bertz CT molecular complexity index is 683. The molecule has 4 heteroatoms. The van der Waals surface area contributed by atoms with Gasteiger partial charge in [-0.2, -0.15) is 4.98 Å². The van der Waals surface area contributed by atoms with Gasteiger partial charge >= 0.3 is 0 Å². The largest absolute Gasteiger partial charge is 0.383 e. The van der Waals surface area contributed by atoms with E-state index in [9.17, 15) is 0 Å². The Kier molecular flexibility index (Phi) is 2.48. The van der Waals surface area contributed by atoms with Crippen molar-refractivity contribution in [2.45, 2.75) is 13.3 Å². The highest BCUT2D eigenvalue weighted by molar-refractivity contribution is 5.47. The van der Waals surface area contributed by atoms with E-state index >= 15 is 0 Å². The molecule has 0 fully saturated rings. The third kappa shape index (κ3) is 1.93. The molecule has 1 aromatic carbocycles. The van der Waals surface area contributed by atoms with Crippen LogP contribution in [-0.2, 0) is 6.42 Å². The lowest BCUT2D eigenvalue weighted by atomic mass is 10.1. The van der Waals surface area contributed by atoms with E-state index in [1.54, 1.807) is 6.20 Å². The van der Waals surface area contributed by atoms with Crippen molar-refractivity contribution in [1.82, 2.24) is 14.4 Å². The van der Waals surface area contributed by atoms with E-state index in [4.69, 9.17) is 5.73 Å². The molecule has 2 aromatic heterocycles. The maximum atomic E-state index is 5.96. The molecule has 0 aliphatic heterocycles. The molecule has 0 amide bonds. The van der Waals surface area contributed by atoms with Crippen molar-refractivity contribution >= 4 is 11.6 Å². The standard InChI is InChI=1S/C14H14N4/c1-10-2-4-11(5-3-10)8-12-9-18-7-6-16-14(18)17-13(12)15/h2-7,9H,8H2,1H3,(H2,15,16,17). The van der Waals surface area contributed by atoms with Crippen LogP contribution in [0.5, 0.6) is 0 Å². The van der Waals surface area contributed by atoms with Gasteiger partial charge in [0.25, 0.3) is 0 Å². The lowest BCUT2D eigenvalue weighted by Crippen LogP contribution is -2.02. The zero-order chi connectivity index (χ0) is 12.5. The molecule has 3 rings (SSSR count). The zero-order valence-corrected chi connectivity index (χ0v) is 10.2. The summed E-state index contributed by atoms with van der Waals surface area (Å²) in [7, 11) is 0. The second-order valence-electron chi connectivity index (χ2n) is 4.45. The van der Waals surface area contributed by atoms with Crippen LogP contribution in [0.3, 0.4) is 0 Å². The monoisotopic (exact) mass is 238 g/mol. The Hall–Kier alpha value is -2.36. The number of nitrogen functional groups attached to an aromatic ring is 1. The summed E-state index contributed by atoms with van der Waals surface area (Å²) in [5.41, 5.74) is 9.47. The van der Waals surface area contributed by atoms with E-state index in [0.717, 1.165) is 12.0 Å². The molecule has 3 aromatic rings. The number of nitrogens with two attached hydrogens (primary N) is 1. The van der Waals surface area contributed by atoms with Gasteiger partial charge in [-0.3, -0.25) is 4.40 Å². The molecule has 0 bridgehead atoms. The molecule has 0 unspecified atom stereocenters. The fourth-order valence-corrected chi connectivity index (χ4v) is 1.97. The van der Waals surface area contributed by atoms with Crippen LogP contribution in [0.2, 0.25) is 0 Å². The number of imidazole rings is 1. The van der Waals surface area contributed by atoms with Crippen molar-refractivity contribution in [3.8, 4) is 0 Å². The lowest BCUT2D eigenvalue weighted by molar-refractivity contribution is 1.05. The number of fused-ring (bicyclic) bond motifs is 1. The van der Waals surface area contributed by atoms with Gasteiger partial charge < -0.3 is 5.73 Å². The van der Waals surface area contributed by atoms with Crippen molar-refractivity contribution < 1.29 is 0 Å². The molecule has 0 saturated heterocycles. The van der Waals surface area contributed by atoms with Crippen LogP contribution in [0.4, 0.5) is 5.82 Å². The van der Waals surface area contributed by atoms with Gasteiger partial charge in [0.05, 0.1) is 0 Å². The first-order chi connectivity index (χ1) is 8.72. The predicted octanol–water partition coefficient (Wildman–Crippen LogP) is 2.21. The fraction of sp³-hybridized carbons (Fsp3) is 0.143. The average Bonchev–Trinajstić information content (AvgIpc) is 2.79. The van der Waals surface area contributed by atoms with Crippen molar-refractivity contribution in [3.05, 3.63) is 59.5 Å². The summed E-state index contributed by atoms with van der Waals surface area (Å²) in [5.74, 6) is 1.19. The minimum Gasteiger partial charge on any atom is -0.383 e. The number of hydrogen-bond acceptors (Lipinski definition) is 3. The van der Waals surface area contributed by atoms with Gasteiger partial charge in [0, 0.05) is 30.6 Å². The Morgan fingerprint density at radius 3 is 2.78 bits per heavy atom. The molecular weight excluding hydrogens is 224 g/mol. The molecule has 0 spiro atoms. The van der Waals surface area contributed by atoms with Crippen LogP contribution in [0.1, 0.15) is 16.7 Å². The van der Waals surface area contributed by atoms with Gasteiger partial charge in [-0.1, -0.05) is 29.8 Å². The van der Waals surface area contributed by atoms with Crippen LogP contribution in [0.15, 0.2) is 42.9 Å². The molecule has 0 atom stereocenters. The summed E-state index contributed by atoms with van der Waals surface area (Å²) in [6.07, 6.45) is 6.37. The van der Waals surface area contributed by atoms with Crippen molar-refractivity contribution in [3.63, 3.8) is 0 Å². The second kappa shape index (κ2) is 4.14. The zero-order valence-electron chi connectivity index (χ0n) is 10.2. The summed E-state index contributed by atoms with van der Waals surface area (Å²) in [6, 6.07) is 8.45. The molecule has 0 aliphatic carbocycles. The molecule has 0 saturated carbocycles. The van der Waals surface area contributed by atoms with E-state index < -0.39 is 0 Å². The Morgan fingerprint density at radius 2 is 2.00 bits per heavy atom. The number of rotatable bonds is 2.